The van der Waals surface area contributed by atoms with E-state index >= 15 is 0 Å². The van der Waals surface area contributed by atoms with Crippen molar-refractivity contribution in [2.45, 2.75) is 12.5 Å². The van der Waals surface area contributed by atoms with Gasteiger partial charge in [-0.25, -0.2) is 0 Å². The van der Waals surface area contributed by atoms with Crippen molar-refractivity contribution in [3.8, 4) is 5.88 Å². The first kappa shape index (κ1) is 14.8. The van der Waals surface area contributed by atoms with Crippen molar-refractivity contribution in [2.75, 3.05) is 0 Å². The van der Waals surface area contributed by atoms with Gasteiger partial charge >= 0.3 is 18.2 Å². The molecule has 0 radical (unpaired) electrons. The average molecular weight is 292 g/mol. The number of rotatable bonds is 2. The molecule has 0 amide bonds. The number of alkyl halides is 6. The highest BCUT2D eigenvalue weighted by atomic mass is 19.4. The van der Waals surface area contributed by atoms with Crippen molar-refractivity contribution in [3.05, 3.63) is 32.1 Å². The molecule has 0 aliphatic carbocycles. The van der Waals surface area contributed by atoms with E-state index in [0.29, 0.717) is 0 Å². The van der Waals surface area contributed by atoms with Gasteiger partial charge in [-0.2, -0.15) is 13.2 Å². The number of hydrogen-bond acceptors (Lipinski definition) is 4. The van der Waals surface area contributed by atoms with Gasteiger partial charge in [-0.15, -0.1) is 13.2 Å². The average Bonchev–Trinajstić information content (AvgIpc) is 2.11. The highest BCUT2D eigenvalue weighted by Crippen LogP contribution is 2.34. The standard InChI is InChI=1S/C7H2F6N2O4/c8-6(9,10)2-1-3(15(17)18)5(14-4(2)16)19-7(11,12)13/h1H,(H,14,16). The van der Waals surface area contributed by atoms with Crippen LogP contribution in [0, 0.1) is 10.1 Å². The van der Waals surface area contributed by atoms with Crippen molar-refractivity contribution < 1.29 is 36.0 Å². The molecule has 0 aromatic carbocycles. The van der Waals surface area contributed by atoms with Gasteiger partial charge in [0.15, 0.2) is 0 Å². The van der Waals surface area contributed by atoms with Gasteiger partial charge in [0.25, 0.3) is 11.4 Å². The fraction of sp³-hybridized carbons (Fsp3) is 0.286. The largest absolute Gasteiger partial charge is 0.574 e. The molecule has 0 fully saturated rings. The zero-order chi connectivity index (χ0) is 15.0. The normalized spacial score (nSPS) is 12.3. The predicted octanol–water partition coefficient (Wildman–Crippen LogP) is 2.20. The lowest BCUT2D eigenvalue weighted by atomic mass is 10.2. The highest BCUT2D eigenvalue weighted by Gasteiger charge is 2.40. The van der Waals surface area contributed by atoms with E-state index in [0.717, 1.165) is 4.98 Å². The third kappa shape index (κ3) is 3.59. The summed E-state index contributed by atoms with van der Waals surface area (Å²) in [5.74, 6) is -1.73. The fourth-order valence-electron chi connectivity index (χ4n) is 1.04. The summed E-state index contributed by atoms with van der Waals surface area (Å²) in [5.41, 5.74) is -5.66. The van der Waals surface area contributed by atoms with Crippen LogP contribution >= 0.6 is 0 Å². The van der Waals surface area contributed by atoms with E-state index < -0.39 is 40.2 Å². The smallest absolute Gasteiger partial charge is 0.382 e. The first-order chi connectivity index (χ1) is 8.42. The Balaban J connectivity index is 3.47. The lowest BCUT2D eigenvalue weighted by molar-refractivity contribution is -0.389. The maximum atomic E-state index is 12.3. The molecule has 0 aliphatic heterocycles. The lowest BCUT2D eigenvalue weighted by Crippen LogP contribution is -2.25. The van der Waals surface area contributed by atoms with Crippen molar-refractivity contribution in [3.63, 3.8) is 0 Å². The zero-order valence-electron chi connectivity index (χ0n) is 8.43. The predicted molar refractivity (Wildman–Crippen MR) is 45.4 cm³/mol. The third-order valence-electron chi connectivity index (χ3n) is 1.71. The topological polar surface area (TPSA) is 85.2 Å². The number of hydrogen-bond donors (Lipinski definition) is 1. The second-order valence-electron chi connectivity index (χ2n) is 3.03. The Kier molecular flexibility index (Phi) is 3.45. The molecule has 0 unspecified atom stereocenters. The number of pyridine rings is 1. The molecule has 0 saturated carbocycles. The number of aromatic nitrogens is 1. The lowest BCUT2D eigenvalue weighted by Gasteiger charge is -2.10. The van der Waals surface area contributed by atoms with Crippen LogP contribution < -0.4 is 10.3 Å². The summed E-state index contributed by atoms with van der Waals surface area (Å²) in [6.45, 7) is 0. The molecule has 0 aliphatic rings. The van der Waals surface area contributed by atoms with Crippen molar-refractivity contribution in [1.29, 1.82) is 0 Å². The van der Waals surface area contributed by atoms with E-state index in [2.05, 4.69) is 4.74 Å². The summed E-state index contributed by atoms with van der Waals surface area (Å²) in [6, 6.07) is -0.333. The van der Waals surface area contributed by atoms with E-state index in [9.17, 15) is 41.3 Å². The summed E-state index contributed by atoms with van der Waals surface area (Å²) in [5, 5.41) is 10.4. The van der Waals surface area contributed by atoms with Crippen LogP contribution in [0.1, 0.15) is 5.56 Å². The molecule has 0 saturated heterocycles. The minimum absolute atomic E-state index is 0.333. The van der Waals surface area contributed by atoms with Crippen LogP contribution in [0.25, 0.3) is 0 Å². The third-order valence-corrected chi connectivity index (χ3v) is 1.71. The number of aromatic amines is 1. The van der Waals surface area contributed by atoms with Gasteiger partial charge in [0.1, 0.15) is 5.56 Å². The monoisotopic (exact) mass is 292 g/mol. The molecule has 0 atom stereocenters. The summed E-state index contributed by atoms with van der Waals surface area (Å²) in [7, 11) is 0. The Morgan fingerprint density at radius 2 is 1.74 bits per heavy atom. The second kappa shape index (κ2) is 4.44. The molecule has 19 heavy (non-hydrogen) atoms. The van der Waals surface area contributed by atoms with E-state index in [1.165, 1.54) is 0 Å². The van der Waals surface area contributed by atoms with E-state index in [1.807, 2.05) is 0 Å². The molecule has 1 aromatic heterocycles. The summed E-state index contributed by atoms with van der Waals surface area (Å²) < 4.78 is 75.4. The summed E-state index contributed by atoms with van der Waals surface area (Å²) >= 11 is 0. The van der Waals surface area contributed by atoms with Gasteiger partial charge in [0.05, 0.1) is 4.92 Å². The summed E-state index contributed by atoms with van der Waals surface area (Å²) in [4.78, 5) is 20.7. The quantitative estimate of drug-likeness (QED) is 0.514. The SMILES string of the molecule is O=c1[nH]c(OC(F)(F)F)c([N+](=O)[O-])cc1C(F)(F)F. The molecule has 1 rings (SSSR count). The van der Waals surface area contributed by atoms with Crippen molar-refractivity contribution >= 4 is 5.69 Å². The number of ether oxygens (including phenoxy) is 1. The van der Waals surface area contributed by atoms with Crippen LogP contribution in [0.15, 0.2) is 10.9 Å². The Morgan fingerprint density at radius 3 is 2.11 bits per heavy atom. The number of nitro groups is 1. The van der Waals surface area contributed by atoms with Gasteiger partial charge in [-0.1, -0.05) is 0 Å². The van der Waals surface area contributed by atoms with Crippen LogP contribution in [0.5, 0.6) is 5.88 Å². The molecule has 0 spiro atoms. The number of nitrogens with one attached hydrogen (secondary N) is 1. The Labute approximate surface area is 98.3 Å². The van der Waals surface area contributed by atoms with Crippen LogP contribution in [-0.2, 0) is 6.18 Å². The Hall–Kier alpha value is -2.27. The first-order valence-electron chi connectivity index (χ1n) is 4.16. The molecule has 106 valence electrons. The summed E-state index contributed by atoms with van der Waals surface area (Å²) in [6.07, 6.45) is -10.7. The van der Waals surface area contributed by atoms with Gasteiger partial charge in [0.2, 0.25) is 0 Å². The van der Waals surface area contributed by atoms with E-state index in [4.69, 9.17) is 0 Å². The molecule has 6 nitrogen and oxygen atoms in total. The van der Waals surface area contributed by atoms with Gasteiger partial charge in [-0.3, -0.25) is 19.9 Å². The molecule has 1 N–H and O–H groups in total. The van der Waals surface area contributed by atoms with Gasteiger partial charge in [0, 0.05) is 6.07 Å². The van der Waals surface area contributed by atoms with Crippen LogP contribution in [0.3, 0.4) is 0 Å². The van der Waals surface area contributed by atoms with Gasteiger partial charge in [-0.05, 0) is 0 Å². The van der Waals surface area contributed by atoms with Crippen LogP contribution in [0.4, 0.5) is 32.0 Å². The maximum Gasteiger partial charge on any atom is 0.574 e. The number of halogens is 6. The molecule has 12 heteroatoms. The molecule has 1 heterocycles. The zero-order valence-corrected chi connectivity index (χ0v) is 8.43. The highest BCUT2D eigenvalue weighted by molar-refractivity contribution is 5.43. The molecule has 1 aromatic rings. The number of nitrogens with zero attached hydrogens (tertiary/aromatic N) is 1. The second-order valence-corrected chi connectivity index (χ2v) is 3.03. The molecular formula is C7H2F6N2O4. The molecular weight excluding hydrogens is 290 g/mol. The minimum Gasteiger partial charge on any atom is -0.382 e. The van der Waals surface area contributed by atoms with Crippen molar-refractivity contribution in [2.24, 2.45) is 0 Å². The van der Waals surface area contributed by atoms with Crippen molar-refractivity contribution in [1.82, 2.24) is 4.98 Å². The number of H-pyrrole nitrogens is 1. The first-order valence-corrected chi connectivity index (χ1v) is 4.16. The molecule has 0 bridgehead atoms. The van der Waals surface area contributed by atoms with Crippen LogP contribution in [0.2, 0.25) is 0 Å². The minimum atomic E-state index is -5.41. The maximum absolute atomic E-state index is 12.3. The van der Waals surface area contributed by atoms with Gasteiger partial charge < -0.3 is 4.74 Å². The Bertz CT molecular complexity index is 560. The fourth-order valence-corrected chi connectivity index (χ4v) is 1.04. The van der Waals surface area contributed by atoms with E-state index in [-0.39, 0.29) is 6.07 Å². The van der Waals surface area contributed by atoms with E-state index in [1.54, 1.807) is 0 Å². The Morgan fingerprint density at radius 1 is 1.21 bits per heavy atom. The van der Waals surface area contributed by atoms with Crippen LogP contribution in [-0.4, -0.2) is 16.3 Å².